The molecular formula is C29H38FNO2Si2. The summed E-state index contributed by atoms with van der Waals surface area (Å²) in [6.07, 6.45) is 0. The maximum absolute atomic E-state index is 15.1. The number of hydrogen-bond donors (Lipinski definition) is 0. The fourth-order valence-electron chi connectivity index (χ4n) is 3.30. The third kappa shape index (κ3) is 5.62. The highest BCUT2D eigenvalue weighted by molar-refractivity contribution is 6.75. The zero-order valence-corrected chi connectivity index (χ0v) is 24.8. The zero-order chi connectivity index (χ0) is 26.4. The van der Waals surface area contributed by atoms with Crippen LogP contribution in [0.3, 0.4) is 0 Å². The van der Waals surface area contributed by atoms with Gasteiger partial charge in [0.1, 0.15) is 11.5 Å². The summed E-state index contributed by atoms with van der Waals surface area (Å²) in [5.74, 6) is 0.685. The molecule has 0 aliphatic carbocycles. The van der Waals surface area contributed by atoms with Crippen molar-refractivity contribution in [1.29, 1.82) is 5.26 Å². The summed E-state index contributed by atoms with van der Waals surface area (Å²) in [6, 6.07) is 17.1. The van der Waals surface area contributed by atoms with E-state index in [1.54, 1.807) is 6.07 Å². The Morgan fingerprint density at radius 3 is 1.89 bits per heavy atom. The molecule has 0 atom stereocenters. The van der Waals surface area contributed by atoms with Gasteiger partial charge in [0, 0.05) is 5.39 Å². The van der Waals surface area contributed by atoms with Crippen LogP contribution >= 0.6 is 0 Å². The van der Waals surface area contributed by atoms with Crippen LogP contribution < -0.4 is 8.85 Å². The highest BCUT2D eigenvalue weighted by atomic mass is 28.4. The summed E-state index contributed by atoms with van der Waals surface area (Å²) in [6.45, 7) is 21.6. The van der Waals surface area contributed by atoms with Gasteiger partial charge in [-0.15, -0.1) is 0 Å². The molecule has 3 nitrogen and oxygen atoms in total. The molecule has 0 N–H and O–H groups in total. The Morgan fingerprint density at radius 2 is 1.34 bits per heavy atom. The lowest BCUT2D eigenvalue weighted by molar-refractivity contribution is 0.457. The van der Waals surface area contributed by atoms with Crippen LogP contribution in [0, 0.1) is 17.1 Å². The average molecular weight is 508 g/mol. The second kappa shape index (κ2) is 9.11. The van der Waals surface area contributed by atoms with Crippen LogP contribution in [0.1, 0.15) is 47.1 Å². The Hall–Kier alpha value is -2.63. The number of nitriles is 1. The third-order valence-electron chi connectivity index (χ3n) is 7.66. The highest BCUT2D eigenvalue weighted by Crippen LogP contribution is 2.40. The molecule has 0 saturated carbocycles. The summed E-state index contributed by atoms with van der Waals surface area (Å²) in [7, 11) is -4.15. The van der Waals surface area contributed by atoms with Crippen molar-refractivity contribution in [2.75, 3.05) is 0 Å². The van der Waals surface area contributed by atoms with E-state index in [4.69, 9.17) is 8.85 Å². The molecule has 0 fully saturated rings. The van der Waals surface area contributed by atoms with E-state index in [9.17, 15) is 5.26 Å². The normalized spacial score (nSPS) is 13.0. The van der Waals surface area contributed by atoms with Crippen molar-refractivity contribution in [3.8, 4) is 28.7 Å². The molecule has 6 heteroatoms. The van der Waals surface area contributed by atoms with Gasteiger partial charge in [-0.25, -0.2) is 4.39 Å². The molecule has 0 saturated heterocycles. The molecule has 3 aromatic rings. The van der Waals surface area contributed by atoms with Crippen molar-refractivity contribution in [2.24, 2.45) is 0 Å². The minimum Gasteiger partial charge on any atom is -0.543 e. The van der Waals surface area contributed by atoms with Gasteiger partial charge in [-0.2, -0.15) is 5.26 Å². The molecule has 0 spiro atoms. The average Bonchev–Trinajstić information content (AvgIpc) is 2.72. The number of nitrogens with zero attached hydrogens (tertiary/aromatic N) is 1. The third-order valence-corrected chi connectivity index (χ3v) is 16.4. The Morgan fingerprint density at radius 1 is 0.743 bits per heavy atom. The fraction of sp³-hybridized carbons (Fsp3) is 0.414. The van der Waals surface area contributed by atoms with E-state index < -0.39 is 16.6 Å². The maximum Gasteiger partial charge on any atom is 0.250 e. The quantitative estimate of drug-likeness (QED) is 0.323. The van der Waals surface area contributed by atoms with Gasteiger partial charge in [-0.3, -0.25) is 0 Å². The first-order valence-electron chi connectivity index (χ1n) is 12.1. The van der Waals surface area contributed by atoms with Crippen LogP contribution in [-0.4, -0.2) is 16.6 Å². The van der Waals surface area contributed by atoms with Crippen molar-refractivity contribution in [3.05, 3.63) is 59.9 Å². The van der Waals surface area contributed by atoms with Crippen molar-refractivity contribution in [1.82, 2.24) is 0 Å². The minimum atomic E-state index is -2.15. The molecule has 186 valence electrons. The number of fused-ring (bicyclic) bond motifs is 1. The van der Waals surface area contributed by atoms with Gasteiger partial charge in [0.2, 0.25) is 8.32 Å². The number of halogens is 1. The molecule has 0 bridgehead atoms. The molecule has 0 radical (unpaired) electrons. The molecule has 3 aromatic carbocycles. The smallest absolute Gasteiger partial charge is 0.250 e. The summed E-state index contributed by atoms with van der Waals surface area (Å²) in [5.41, 5.74) is 2.05. The molecular weight excluding hydrogens is 469 g/mol. The summed E-state index contributed by atoms with van der Waals surface area (Å²) >= 11 is 0. The topological polar surface area (TPSA) is 42.2 Å². The first kappa shape index (κ1) is 27.0. The largest absolute Gasteiger partial charge is 0.543 e. The van der Waals surface area contributed by atoms with Crippen molar-refractivity contribution < 1.29 is 13.2 Å². The van der Waals surface area contributed by atoms with Crippen LogP contribution in [0.5, 0.6) is 11.5 Å². The highest BCUT2D eigenvalue weighted by Gasteiger charge is 2.40. The number of hydrogen-bond acceptors (Lipinski definition) is 3. The monoisotopic (exact) mass is 507 g/mol. The van der Waals surface area contributed by atoms with E-state index in [0.29, 0.717) is 11.1 Å². The molecule has 3 rings (SSSR count). The van der Waals surface area contributed by atoms with Gasteiger partial charge in [0.05, 0.1) is 11.6 Å². The van der Waals surface area contributed by atoms with Crippen molar-refractivity contribution in [3.63, 3.8) is 0 Å². The predicted molar refractivity (Wildman–Crippen MR) is 150 cm³/mol. The van der Waals surface area contributed by atoms with Gasteiger partial charge in [-0.05, 0) is 89.2 Å². The van der Waals surface area contributed by atoms with Crippen LogP contribution in [0.2, 0.25) is 36.3 Å². The van der Waals surface area contributed by atoms with Crippen LogP contribution in [0.25, 0.3) is 21.9 Å². The first-order chi connectivity index (χ1) is 15.9. The maximum atomic E-state index is 15.1. The molecule has 0 aliphatic heterocycles. The lowest BCUT2D eigenvalue weighted by Crippen LogP contribution is -2.44. The Balaban J connectivity index is 1.99. The summed E-state index contributed by atoms with van der Waals surface area (Å²) in [4.78, 5) is 0. The molecule has 0 aromatic heterocycles. The van der Waals surface area contributed by atoms with Gasteiger partial charge in [0.25, 0.3) is 8.32 Å². The van der Waals surface area contributed by atoms with E-state index >= 15 is 4.39 Å². The SMILES string of the molecule is CC(C)(C)[Si](C)(C)Oc1ccc2cc(-c3ccc(O[Si](C)(C)C(C)(C)C)c(F)c3)cc(C#N)c2c1. The fourth-order valence-corrected chi connectivity index (χ4v) is 5.34. The van der Waals surface area contributed by atoms with Crippen LogP contribution in [-0.2, 0) is 0 Å². The van der Waals surface area contributed by atoms with Crippen LogP contribution in [0.15, 0.2) is 48.5 Å². The lowest BCUT2D eigenvalue weighted by Gasteiger charge is -2.36. The standard InChI is InChI=1S/C29H38FNO2Si2/c1-28(2,3)34(7,8)32-24-13-11-21-15-22(16-23(19-31)25(21)18-24)20-12-14-27(26(30)17-20)33-35(9,10)29(4,5)6/h11-18H,1-10H3. The van der Waals surface area contributed by atoms with Gasteiger partial charge >= 0.3 is 0 Å². The molecule has 35 heavy (non-hydrogen) atoms. The molecule has 0 unspecified atom stereocenters. The van der Waals surface area contributed by atoms with Gasteiger partial charge in [-0.1, -0.05) is 53.7 Å². The molecule has 0 heterocycles. The summed E-state index contributed by atoms with van der Waals surface area (Å²) in [5, 5.41) is 11.7. The Bertz CT molecular complexity index is 1290. The van der Waals surface area contributed by atoms with E-state index in [-0.39, 0.29) is 21.6 Å². The van der Waals surface area contributed by atoms with Crippen LogP contribution in [0.4, 0.5) is 4.39 Å². The zero-order valence-electron chi connectivity index (χ0n) is 22.8. The van der Waals surface area contributed by atoms with E-state index in [1.165, 1.54) is 6.07 Å². The van der Waals surface area contributed by atoms with E-state index in [2.05, 4.69) is 73.8 Å². The second-order valence-corrected chi connectivity index (χ2v) is 21.8. The predicted octanol–water partition coefficient (Wildman–Crippen LogP) is 9.29. The Labute approximate surface area is 212 Å². The lowest BCUT2D eigenvalue weighted by atomic mass is 9.97. The van der Waals surface area contributed by atoms with Gasteiger partial charge in [0.15, 0.2) is 5.82 Å². The minimum absolute atomic E-state index is 0.0225. The first-order valence-corrected chi connectivity index (χ1v) is 17.9. The van der Waals surface area contributed by atoms with E-state index in [0.717, 1.165) is 22.1 Å². The van der Waals surface area contributed by atoms with Gasteiger partial charge < -0.3 is 8.85 Å². The number of benzene rings is 3. The number of rotatable bonds is 5. The second-order valence-electron chi connectivity index (χ2n) is 12.4. The summed E-state index contributed by atoms with van der Waals surface area (Å²) < 4.78 is 27.7. The Kier molecular flexibility index (Phi) is 7.02. The van der Waals surface area contributed by atoms with Crippen molar-refractivity contribution >= 4 is 27.4 Å². The van der Waals surface area contributed by atoms with Crippen molar-refractivity contribution in [2.45, 2.75) is 77.8 Å². The van der Waals surface area contributed by atoms with E-state index in [1.807, 2.05) is 36.4 Å². The molecule has 0 aliphatic rings. The molecule has 0 amide bonds.